The third kappa shape index (κ3) is 2.47. The van der Waals surface area contributed by atoms with E-state index in [1.165, 1.54) is 28.9 Å². The number of nitrogens with zero attached hydrogens (tertiary/aromatic N) is 4. The summed E-state index contributed by atoms with van der Waals surface area (Å²) in [6.07, 6.45) is 1.20. The maximum absolute atomic E-state index is 12.3. The van der Waals surface area contributed by atoms with Crippen LogP contribution in [0.2, 0.25) is 0 Å². The summed E-state index contributed by atoms with van der Waals surface area (Å²) in [5.41, 5.74) is 0.225. The number of aliphatic hydroxyl groups is 2. The van der Waals surface area contributed by atoms with Gasteiger partial charge in [-0.15, -0.1) is 6.58 Å². The second-order valence-corrected chi connectivity index (χ2v) is 5.25. The van der Waals surface area contributed by atoms with Crippen LogP contribution < -0.4 is 5.56 Å². The van der Waals surface area contributed by atoms with Crippen LogP contribution in [-0.2, 0) is 16.0 Å². The van der Waals surface area contributed by atoms with Crippen LogP contribution >= 0.6 is 0 Å². The van der Waals surface area contributed by atoms with Gasteiger partial charge in [0.25, 0.3) is 5.56 Å². The molecule has 2 aromatic heterocycles. The van der Waals surface area contributed by atoms with Gasteiger partial charge in [0.1, 0.15) is 24.6 Å². The lowest BCUT2D eigenvalue weighted by molar-refractivity contribution is -0.0583. The lowest BCUT2D eigenvalue weighted by atomic mass is 10.1. The lowest BCUT2D eigenvalue weighted by Crippen LogP contribution is -2.34. The zero-order chi connectivity index (χ0) is 16.6. The van der Waals surface area contributed by atoms with Crippen molar-refractivity contribution in [3.05, 3.63) is 35.7 Å². The molecule has 0 aliphatic carbocycles. The maximum atomic E-state index is 12.3. The summed E-state index contributed by atoms with van der Waals surface area (Å²) >= 11 is 0. The summed E-state index contributed by atoms with van der Waals surface area (Å²) in [6.45, 7) is 3.58. The highest BCUT2D eigenvalue weighted by Crippen LogP contribution is 2.32. The van der Waals surface area contributed by atoms with Crippen molar-refractivity contribution < 1.29 is 19.7 Å². The summed E-state index contributed by atoms with van der Waals surface area (Å²) in [7, 11) is 1.44. The van der Waals surface area contributed by atoms with Crippen molar-refractivity contribution in [2.45, 2.75) is 31.1 Å². The fraction of sp³-hybridized carbons (Fsp3) is 0.500. The van der Waals surface area contributed by atoms with E-state index in [2.05, 4.69) is 16.5 Å². The highest BCUT2D eigenvalue weighted by Gasteiger charge is 2.45. The molecule has 9 heteroatoms. The van der Waals surface area contributed by atoms with Crippen LogP contribution in [0.4, 0.5) is 0 Å². The van der Waals surface area contributed by atoms with Crippen molar-refractivity contribution in [1.29, 1.82) is 0 Å². The topological polar surface area (TPSA) is 112 Å². The molecule has 0 radical (unpaired) electrons. The minimum Gasteiger partial charge on any atom is -0.394 e. The van der Waals surface area contributed by atoms with E-state index >= 15 is 0 Å². The molecular formula is C14H18N4O5. The Balaban J connectivity index is 2.05. The minimum absolute atomic E-state index is 0.190. The Morgan fingerprint density at radius 1 is 1.48 bits per heavy atom. The first-order valence-corrected chi connectivity index (χ1v) is 7.12. The predicted octanol–water partition coefficient (Wildman–Crippen LogP) is -0.955. The minimum atomic E-state index is -0.992. The molecule has 1 aliphatic heterocycles. The molecule has 23 heavy (non-hydrogen) atoms. The molecule has 9 nitrogen and oxygen atoms in total. The molecule has 2 aromatic rings. The smallest absolute Gasteiger partial charge is 0.281 e. The fourth-order valence-electron chi connectivity index (χ4n) is 2.75. The SMILES string of the molecule is C=CCn1cnc2c(ncn2[C@@H]2O[C@H](CO)[C@@H](O)[C@H]2OC)c1=O. The van der Waals surface area contributed by atoms with Gasteiger partial charge in [0.05, 0.1) is 12.9 Å². The molecule has 1 saturated heterocycles. The predicted molar refractivity (Wildman–Crippen MR) is 79.8 cm³/mol. The zero-order valence-corrected chi connectivity index (χ0v) is 12.6. The van der Waals surface area contributed by atoms with E-state index in [0.29, 0.717) is 12.2 Å². The monoisotopic (exact) mass is 322 g/mol. The standard InChI is InChI=1S/C14H18N4O5/c1-3-4-17-6-16-12-9(13(17)21)15-7-18(12)14-11(22-2)10(20)8(5-19)23-14/h3,6-8,10-11,14,19-20H,1,4-5H2,2H3/t8-,10-,11-,14-/m1/s1. The van der Waals surface area contributed by atoms with Crippen LogP contribution in [0.5, 0.6) is 0 Å². The third-order valence-corrected chi connectivity index (χ3v) is 3.92. The molecule has 0 bridgehead atoms. The number of allylic oxidation sites excluding steroid dienone is 1. The van der Waals surface area contributed by atoms with Crippen molar-refractivity contribution in [3.63, 3.8) is 0 Å². The fourth-order valence-corrected chi connectivity index (χ4v) is 2.75. The van der Waals surface area contributed by atoms with Gasteiger partial charge in [0.2, 0.25) is 0 Å². The van der Waals surface area contributed by atoms with Crippen LogP contribution in [0, 0.1) is 0 Å². The Morgan fingerprint density at radius 2 is 2.26 bits per heavy atom. The van der Waals surface area contributed by atoms with E-state index in [1.54, 1.807) is 6.08 Å². The zero-order valence-electron chi connectivity index (χ0n) is 12.6. The molecular weight excluding hydrogens is 304 g/mol. The number of fused-ring (bicyclic) bond motifs is 1. The Kier molecular flexibility index (Phi) is 4.26. The summed E-state index contributed by atoms with van der Waals surface area (Å²) in [4.78, 5) is 20.7. The molecule has 0 amide bonds. The van der Waals surface area contributed by atoms with E-state index in [9.17, 15) is 15.0 Å². The van der Waals surface area contributed by atoms with Crippen LogP contribution in [0.15, 0.2) is 30.1 Å². The molecule has 1 fully saturated rings. The van der Waals surface area contributed by atoms with E-state index in [4.69, 9.17) is 9.47 Å². The number of hydrogen-bond donors (Lipinski definition) is 2. The Morgan fingerprint density at radius 3 is 2.91 bits per heavy atom. The van der Waals surface area contributed by atoms with E-state index < -0.39 is 24.5 Å². The Bertz CT molecular complexity index is 770. The number of hydrogen-bond acceptors (Lipinski definition) is 7. The molecule has 0 unspecified atom stereocenters. The summed E-state index contributed by atoms with van der Waals surface area (Å²) in [5.74, 6) is 0. The highest BCUT2D eigenvalue weighted by molar-refractivity contribution is 5.69. The Labute approximate surface area is 131 Å². The molecule has 3 rings (SSSR count). The van der Waals surface area contributed by atoms with Gasteiger partial charge in [-0.2, -0.15) is 0 Å². The quantitative estimate of drug-likeness (QED) is 0.682. The van der Waals surface area contributed by atoms with Gasteiger partial charge >= 0.3 is 0 Å². The van der Waals surface area contributed by atoms with Crippen LogP contribution in [0.1, 0.15) is 6.23 Å². The molecule has 2 N–H and O–H groups in total. The number of rotatable bonds is 5. The summed E-state index contributed by atoms with van der Waals surface area (Å²) < 4.78 is 13.8. The van der Waals surface area contributed by atoms with E-state index in [1.807, 2.05) is 0 Å². The second kappa shape index (κ2) is 6.20. The molecule has 3 heterocycles. The Hall–Kier alpha value is -2.07. The van der Waals surface area contributed by atoms with Gasteiger partial charge in [-0.05, 0) is 0 Å². The van der Waals surface area contributed by atoms with Crippen molar-refractivity contribution in [2.75, 3.05) is 13.7 Å². The number of aliphatic hydroxyl groups excluding tert-OH is 2. The largest absolute Gasteiger partial charge is 0.394 e. The van der Waals surface area contributed by atoms with Gasteiger partial charge in [-0.1, -0.05) is 6.08 Å². The second-order valence-electron chi connectivity index (χ2n) is 5.25. The van der Waals surface area contributed by atoms with E-state index in [-0.39, 0.29) is 17.7 Å². The number of methoxy groups -OCH3 is 1. The van der Waals surface area contributed by atoms with Gasteiger partial charge in [0.15, 0.2) is 17.4 Å². The van der Waals surface area contributed by atoms with Crippen LogP contribution in [0.3, 0.4) is 0 Å². The molecule has 0 saturated carbocycles. The van der Waals surface area contributed by atoms with Crippen LogP contribution in [-0.4, -0.2) is 61.3 Å². The first kappa shape index (κ1) is 15.8. The highest BCUT2D eigenvalue weighted by atomic mass is 16.6. The van der Waals surface area contributed by atoms with Crippen molar-refractivity contribution in [2.24, 2.45) is 0 Å². The third-order valence-electron chi connectivity index (χ3n) is 3.92. The molecule has 4 atom stereocenters. The maximum Gasteiger partial charge on any atom is 0.281 e. The lowest BCUT2D eigenvalue weighted by Gasteiger charge is -2.19. The average Bonchev–Trinajstić information content (AvgIpc) is 3.11. The number of aromatic nitrogens is 4. The first-order valence-electron chi connectivity index (χ1n) is 7.12. The molecule has 124 valence electrons. The van der Waals surface area contributed by atoms with Gasteiger partial charge in [-0.3, -0.25) is 13.9 Å². The van der Waals surface area contributed by atoms with Crippen LogP contribution in [0.25, 0.3) is 11.2 Å². The van der Waals surface area contributed by atoms with Gasteiger partial charge < -0.3 is 19.7 Å². The normalized spacial score (nSPS) is 27.6. The van der Waals surface area contributed by atoms with Gasteiger partial charge in [-0.25, -0.2) is 9.97 Å². The molecule has 0 spiro atoms. The summed E-state index contributed by atoms with van der Waals surface area (Å²) in [5, 5.41) is 19.4. The van der Waals surface area contributed by atoms with Crippen molar-refractivity contribution >= 4 is 11.2 Å². The average molecular weight is 322 g/mol. The number of ether oxygens (including phenoxy) is 2. The van der Waals surface area contributed by atoms with Crippen molar-refractivity contribution in [1.82, 2.24) is 19.1 Å². The van der Waals surface area contributed by atoms with Gasteiger partial charge in [0, 0.05) is 13.7 Å². The number of imidazole rings is 1. The molecule has 0 aromatic carbocycles. The summed E-state index contributed by atoms with van der Waals surface area (Å²) in [6, 6.07) is 0. The molecule has 1 aliphatic rings. The first-order chi connectivity index (χ1) is 11.1. The van der Waals surface area contributed by atoms with Crippen molar-refractivity contribution in [3.8, 4) is 0 Å². The van der Waals surface area contributed by atoms with E-state index in [0.717, 1.165) is 0 Å².